The lowest BCUT2D eigenvalue weighted by atomic mass is 10.0. The smallest absolute Gasteiger partial charge is 0.136 e. The van der Waals surface area contributed by atoms with E-state index in [1.54, 1.807) is 0 Å². The maximum atomic E-state index is 11.0. The van der Waals surface area contributed by atoms with Crippen molar-refractivity contribution in [1.82, 2.24) is 0 Å². The minimum absolute atomic E-state index is 0.329. The minimum atomic E-state index is 0.329. The average Bonchev–Trinajstić information content (AvgIpc) is 2.88. The Kier molecular flexibility index (Phi) is 6.20. The molecule has 1 aliphatic carbocycles. The summed E-state index contributed by atoms with van der Waals surface area (Å²) in [6.45, 7) is 6.06. The fourth-order valence-corrected chi connectivity index (χ4v) is 2.17. The first-order valence-electron chi connectivity index (χ1n) is 6.48. The number of benzene rings is 1. The van der Waals surface area contributed by atoms with Crippen LogP contribution in [0.5, 0.6) is 0 Å². The van der Waals surface area contributed by atoms with Crippen LogP contribution in [0, 0.1) is 19.8 Å². The standard InChI is InChI=1S/C8H12O.C8H10S/c1-2-8(9)7-5-3-4-6-7;1-6-3-4-7(2)8(9)5-6/h3-4,7H,2,5-6H2,1H3;3-5,9H,1-2H3. The van der Waals surface area contributed by atoms with Crippen LogP contribution in [0.3, 0.4) is 0 Å². The van der Waals surface area contributed by atoms with Crippen molar-refractivity contribution in [2.24, 2.45) is 5.92 Å². The zero-order chi connectivity index (χ0) is 13.5. The molecule has 0 aromatic heterocycles. The molecule has 0 unspecified atom stereocenters. The summed E-state index contributed by atoms with van der Waals surface area (Å²) in [5.41, 5.74) is 2.51. The molecule has 0 fully saturated rings. The second kappa shape index (κ2) is 7.42. The van der Waals surface area contributed by atoms with Crippen molar-refractivity contribution in [3.05, 3.63) is 41.5 Å². The summed E-state index contributed by atoms with van der Waals surface area (Å²) in [5, 5.41) is 0. The maximum Gasteiger partial charge on any atom is 0.136 e. The molecular weight excluding hydrogens is 240 g/mol. The van der Waals surface area contributed by atoms with Gasteiger partial charge in [-0.15, -0.1) is 12.6 Å². The lowest BCUT2D eigenvalue weighted by Gasteiger charge is -2.03. The molecule has 0 aliphatic heterocycles. The molecule has 0 saturated heterocycles. The Morgan fingerprint density at radius 2 is 1.89 bits per heavy atom. The predicted molar refractivity (Wildman–Crippen MR) is 80.3 cm³/mol. The van der Waals surface area contributed by atoms with Gasteiger partial charge >= 0.3 is 0 Å². The number of carbonyl (C=O) groups is 1. The van der Waals surface area contributed by atoms with Crippen LogP contribution in [0.15, 0.2) is 35.2 Å². The van der Waals surface area contributed by atoms with Crippen LogP contribution in [-0.4, -0.2) is 5.78 Å². The van der Waals surface area contributed by atoms with Gasteiger partial charge in [-0.05, 0) is 38.3 Å². The van der Waals surface area contributed by atoms with Crippen molar-refractivity contribution in [3.8, 4) is 0 Å². The van der Waals surface area contributed by atoms with Gasteiger partial charge in [0.05, 0.1) is 0 Å². The second-order valence-corrected chi connectivity index (χ2v) is 5.23. The molecule has 0 saturated carbocycles. The molecule has 18 heavy (non-hydrogen) atoms. The SMILES string of the molecule is CCC(=O)C1CC=CC1.Cc1ccc(C)c(S)c1. The highest BCUT2D eigenvalue weighted by molar-refractivity contribution is 7.80. The van der Waals surface area contributed by atoms with Crippen molar-refractivity contribution < 1.29 is 4.79 Å². The predicted octanol–water partition coefficient (Wildman–Crippen LogP) is 4.52. The van der Waals surface area contributed by atoms with E-state index >= 15 is 0 Å². The number of carbonyl (C=O) groups excluding carboxylic acids is 1. The highest BCUT2D eigenvalue weighted by Gasteiger charge is 2.16. The van der Waals surface area contributed by atoms with Crippen molar-refractivity contribution in [3.63, 3.8) is 0 Å². The van der Waals surface area contributed by atoms with Crippen LogP contribution in [0.2, 0.25) is 0 Å². The normalized spacial score (nSPS) is 14.2. The molecule has 0 heterocycles. The number of allylic oxidation sites excluding steroid dienone is 2. The van der Waals surface area contributed by atoms with Gasteiger partial charge in [0.25, 0.3) is 0 Å². The van der Waals surface area contributed by atoms with Crippen molar-refractivity contribution in [1.29, 1.82) is 0 Å². The summed E-state index contributed by atoms with van der Waals surface area (Å²) >= 11 is 4.27. The van der Waals surface area contributed by atoms with Crippen molar-refractivity contribution >= 4 is 18.4 Å². The van der Waals surface area contributed by atoms with Gasteiger partial charge in [0.1, 0.15) is 5.78 Å². The van der Waals surface area contributed by atoms with E-state index < -0.39 is 0 Å². The summed E-state index contributed by atoms with van der Waals surface area (Å²) < 4.78 is 0. The first-order chi connectivity index (χ1) is 8.54. The van der Waals surface area contributed by atoms with E-state index in [1.807, 2.05) is 6.92 Å². The summed E-state index contributed by atoms with van der Waals surface area (Å²) in [6.07, 6.45) is 6.85. The molecule has 98 valence electrons. The molecule has 0 radical (unpaired) electrons. The van der Waals surface area contributed by atoms with Gasteiger partial charge in [-0.2, -0.15) is 0 Å². The van der Waals surface area contributed by atoms with E-state index in [9.17, 15) is 4.79 Å². The number of Topliss-reactive ketones (excluding diaryl/α,β-unsaturated/α-hetero) is 1. The van der Waals surface area contributed by atoms with Crippen LogP contribution in [0.4, 0.5) is 0 Å². The van der Waals surface area contributed by atoms with E-state index in [2.05, 4.69) is 56.8 Å². The first kappa shape index (κ1) is 15.0. The maximum absolute atomic E-state index is 11.0. The van der Waals surface area contributed by atoms with Gasteiger partial charge < -0.3 is 0 Å². The van der Waals surface area contributed by atoms with Crippen molar-refractivity contribution in [2.45, 2.75) is 44.9 Å². The van der Waals surface area contributed by atoms with Crippen LogP contribution in [0.25, 0.3) is 0 Å². The molecule has 1 aromatic rings. The van der Waals surface area contributed by atoms with E-state index in [1.165, 1.54) is 11.1 Å². The Balaban J connectivity index is 0.000000180. The third-order valence-electron chi connectivity index (χ3n) is 3.18. The van der Waals surface area contributed by atoms with Crippen LogP contribution in [0.1, 0.15) is 37.3 Å². The quantitative estimate of drug-likeness (QED) is 0.612. The summed E-state index contributed by atoms with van der Waals surface area (Å²) in [7, 11) is 0. The molecule has 1 nitrogen and oxygen atoms in total. The third-order valence-corrected chi connectivity index (χ3v) is 3.66. The van der Waals surface area contributed by atoms with E-state index in [-0.39, 0.29) is 0 Å². The largest absolute Gasteiger partial charge is 0.299 e. The topological polar surface area (TPSA) is 17.1 Å². The molecule has 2 heteroatoms. The second-order valence-electron chi connectivity index (χ2n) is 4.75. The number of thiol groups is 1. The van der Waals surface area contributed by atoms with Gasteiger partial charge in [0.2, 0.25) is 0 Å². The van der Waals surface area contributed by atoms with Gasteiger partial charge in [0, 0.05) is 17.2 Å². The van der Waals surface area contributed by atoms with Gasteiger partial charge in [-0.3, -0.25) is 4.79 Å². The number of aryl methyl sites for hydroxylation is 2. The number of ketones is 1. The van der Waals surface area contributed by atoms with E-state index in [0.29, 0.717) is 18.1 Å². The third kappa shape index (κ3) is 4.69. The summed E-state index contributed by atoms with van der Waals surface area (Å²) in [4.78, 5) is 12.1. The average molecular weight is 262 g/mol. The summed E-state index contributed by atoms with van der Waals surface area (Å²) in [5.74, 6) is 0.745. The van der Waals surface area contributed by atoms with Crippen LogP contribution >= 0.6 is 12.6 Å². The van der Waals surface area contributed by atoms with Gasteiger partial charge in [-0.1, -0.05) is 36.8 Å². The molecule has 0 N–H and O–H groups in total. The van der Waals surface area contributed by atoms with Crippen molar-refractivity contribution in [2.75, 3.05) is 0 Å². The Hall–Kier alpha value is -1.02. The number of rotatable bonds is 2. The molecular formula is C16H22OS. The monoisotopic (exact) mass is 262 g/mol. The highest BCUT2D eigenvalue weighted by Crippen LogP contribution is 2.19. The van der Waals surface area contributed by atoms with Gasteiger partial charge in [-0.25, -0.2) is 0 Å². The van der Waals surface area contributed by atoms with Crippen LogP contribution in [-0.2, 0) is 4.79 Å². The Morgan fingerprint density at radius 1 is 1.28 bits per heavy atom. The van der Waals surface area contributed by atoms with Crippen LogP contribution < -0.4 is 0 Å². The fraction of sp³-hybridized carbons (Fsp3) is 0.438. The molecule has 0 spiro atoms. The Labute approximate surface area is 116 Å². The first-order valence-corrected chi connectivity index (χ1v) is 6.93. The zero-order valence-corrected chi connectivity index (χ0v) is 12.3. The molecule has 0 amide bonds. The van der Waals surface area contributed by atoms with E-state index in [0.717, 1.165) is 17.7 Å². The molecule has 0 bridgehead atoms. The number of hydrogen-bond acceptors (Lipinski definition) is 2. The van der Waals surface area contributed by atoms with Gasteiger partial charge in [0.15, 0.2) is 0 Å². The highest BCUT2D eigenvalue weighted by atomic mass is 32.1. The molecule has 0 atom stereocenters. The molecule has 2 rings (SSSR count). The lowest BCUT2D eigenvalue weighted by Crippen LogP contribution is -2.08. The number of hydrogen-bond donors (Lipinski definition) is 1. The Bertz CT molecular complexity index is 427. The summed E-state index contributed by atoms with van der Waals surface area (Å²) in [6, 6.07) is 6.24. The fourth-order valence-electron chi connectivity index (χ4n) is 1.89. The molecule has 1 aliphatic rings. The Morgan fingerprint density at radius 3 is 2.33 bits per heavy atom. The minimum Gasteiger partial charge on any atom is -0.299 e. The van der Waals surface area contributed by atoms with E-state index in [4.69, 9.17) is 0 Å². The molecule has 1 aromatic carbocycles. The lowest BCUT2D eigenvalue weighted by molar-refractivity contribution is -0.122. The zero-order valence-electron chi connectivity index (χ0n) is 11.4.